The second-order valence-corrected chi connectivity index (χ2v) is 15.0. The minimum absolute atomic E-state index is 0.00966. The number of allylic oxidation sites excluding steroid dienone is 3. The monoisotopic (exact) mass is 692 g/mol. The summed E-state index contributed by atoms with van der Waals surface area (Å²) in [4.78, 5) is 12.4. The zero-order valence-corrected chi connectivity index (χ0v) is 32.8. The molecule has 4 N–H and O–H groups in total. The first-order valence-electron chi connectivity index (χ1n) is 21.6. The molecule has 0 fully saturated rings. The van der Waals surface area contributed by atoms with Gasteiger partial charge in [0.05, 0.1) is 31.3 Å². The summed E-state index contributed by atoms with van der Waals surface area (Å²) in [5.74, 6) is -0.319. The van der Waals surface area contributed by atoms with E-state index in [0.717, 1.165) is 38.5 Å². The van der Waals surface area contributed by atoms with Crippen LogP contribution in [0.15, 0.2) is 24.3 Å². The normalized spacial score (nSPS) is 13.8. The zero-order valence-electron chi connectivity index (χ0n) is 32.8. The molecule has 0 aliphatic rings. The molecule has 0 rings (SSSR count). The van der Waals surface area contributed by atoms with E-state index >= 15 is 0 Å². The SMILES string of the molecule is CCCCCCCCCCC/C=C\CCCCCCCC(O)CC(=O)NC(CO)C(O)/C=C/CCCCCCCCCCCCCCCC. The van der Waals surface area contributed by atoms with E-state index in [1.54, 1.807) is 6.08 Å². The predicted octanol–water partition coefficient (Wildman–Crippen LogP) is 12.2. The van der Waals surface area contributed by atoms with Crippen molar-refractivity contribution in [1.82, 2.24) is 5.32 Å². The molecule has 0 bridgehead atoms. The summed E-state index contributed by atoms with van der Waals surface area (Å²) in [6.45, 7) is 4.21. The molecule has 0 aromatic carbocycles. The molecular weight excluding hydrogens is 606 g/mol. The molecule has 5 heteroatoms. The Morgan fingerprint density at radius 2 is 0.857 bits per heavy atom. The first-order chi connectivity index (χ1) is 24.0. The maximum atomic E-state index is 12.4. The van der Waals surface area contributed by atoms with Gasteiger partial charge in [-0.3, -0.25) is 4.79 Å². The number of carbonyl (C=O) groups is 1. The summed E-state index contributed by atoms with van der Waals surface area (Å²) in [6.07, 6.45) is 47.4. The average molecular weight is 692 g/mol. The highest BCUT2D eigenvalue weighted by atomic mass is 16.3. The summed E-state index contributed by atoms with van der Waals surface area (Å²) in [5.41, 5.74) is 0. The summed E-state index contributed by atoms with van der Waals surface area (Å²) >= 11 is 0. The summed E-state index contributed by atoms with van der Waals surface area (Å²) in [6, 6.07) is -0.744. The minimum atomic E-state index is -0.928. The molecule has 0 radical (unpaired) electrons. The molecule has 0 aromatic rings. The van der Waals surface area contributed by atoms with Crippen LogP contribution in [0.2, 0.25) is 0 Å². The summed E-state index contributed by atoms with van der Waals surface area (Å²) in [5, 5.41) is 33.2. The topological polar surface area (TPSA) is 89.8 Å². The summed E-state index contributed by atoms with van der Waals surface area (Å²) < 4.78 is 0. The van der Waals surface area contributed by atoms with Crippen molar-refractivity contribution >= 4 is 5.91 Å². The van der Waals surface area contributed by atoms with E-state index in [0.29, 0.717) is 6.42 Å². The quantitative estimate of drug-likeness (QED) is 0.0381. The molecule has 1 amide bonds. The lowest BCUT2D eigenvalue weighted by Gasteiger charge is -2.21. The van der Waals surface area contributed by atoms with E-state index in [-0.39, 0.29) is 18.9 Å². The van der Waals surface area contributed by atoms with Crippen LogP contribution in [0, 0.1) is 0 Å². The fourth-order valence-electron chi connectivity index (χ4n) is 6.63. The lowest BCUT2D eigenvalue weighted by atomic mass is 10.0. The Bertz CT molecular complexity index is 724. The summed E-state index contributed by atoms with van der Waals surface area (Å²) in [7, 11) is 0. The van der Waals surface area contributed by atoms with Gasteiger partial charge in [0.25, 0.3) is 0 Å². The van der Waals surface area contributed by atoms with Crippen LogP contribution in [0.4, 0.5) is 0 Å². The Balaban J connectivity index is 3.68. The molecule has 0 aliphatic carbocycles. The Morgan fingerprint density at radius 3 is 1.24 bits per heavy atom. The highest BCUT2D eigenvalue weighted by Crippen LogP contribution is 2.15. The first kappa shape index (κ1) is 47.8. The van der Waals surface area contributed by atoms with E-state index < -0.39 is 18.2 Å². The number of carbonyl (C=O) groups excluding carboxylic acids is 1. The molecule has 49 heavy (non-hydrogen) atoms. The van der Waals surface area contributed by atoms with Crippen molar-refractivity contribution in [3.8, 4) is 0 Å². The van der Waals surface area contributed by atoms with Crippen molar-refractivity contribution in [2.75, 3.05) is 6.61 Å². The second kappa shape index (κ2) is 39.6. The van der Waals surface area contributed by atoms with Crippen LogP contribution >= 0.6 is 0 Å². The van der Waals surface area contributed by atoms with E-state index in [1.165, 1.54) is 161 Å². The first-order valence-corrected chi connectivity index (χ1v) is 21.6. The molecule has 0 aliphatic heterocycles. The lowest BCUT2D eigenvalue weighted by molar-refractivity contribution is -0.124. The third-order valence-corrected chi connectivity index (χ3v) is 9.98. The van der Waals surface area contributed by atoms with Gasteiger partial charge in [0.2, 0.25) is 5.91 Å². The van der Waals surface area contributed by atoms with Crippen LogP contribution in [-0.2, 0) is 4.79 Å². The van der Waals surface area contributed by atoms with Gasteiger partial charge in [-0.05, 0) is 44.9 Å². The van der Waals surface area contributed by atoms with Crippen molar-refractivity contribution in [2.24, 2.45) is 0 Å². The predicted molar refractivity (Wildman–Crippen MR) is 213 cm³/mol. The van der Waals surface area contributed by atoms with Gasteiger partial charge in [0.1, 0.15) is 0 Å². The van der Waals surface area contributed by atoms with Crippen LogP contribution in [0.5, 0.6) is 0 Å². The van der Waals surface area contributed by atoms with E-state index in [1.807, 2.05) is 6.08 Å². The van der Waals surface area contributed by atoms with Gasteiger partial charge in [-0.2, -0.15) is 0 Å². The molecule has 0 spiro atoms. The van der Waals surface area contributed by atoms with Gasteiger partial charge in [-0.25, -0.2) is 0 Å². The fourth-order valence-corrected chi connectivity index (χ4v) is 6.63. The van der Waals surface area contributed by atoms with Gasteiger partial charge >= 0.3 is 0 Å². The van der Waals surface area contributed by atoms with E-state index in [9.17, 15) is 20.1 Å². The molecule has 0 saturated heterocycles. The number of rotatable bonds is 39. The van der Waals surface area contributed by atoms with Crippen LogP contribution in [0.1, 0.15) is 226 Å². The molecule has 3 atom stereocenters. The highest BCUT2D eigenvalue weighted by Gasteiger charge is 2.20. The Kier molecular flexibility index (Phi) is 38.7. The number of hydrogen-bond acceptors (Lipinski definition) is 4. The smallest absolute Gasteiger partial charge is 0.222 e. The lowest BCUT2D eigenvalue weighted by Crippen LogP contribution is -2.45. The molecular formula is C44H85NO4. The molecule has 290 valence electrons. The van der Waals surface area contributed by atoms with Gasteiger partial charge in [0, 0.05) is 0 Å². The van der Waals surface area contributed by atoms with E-state index in [4.69, 9.17) is 0 Å². The van der Waals surface area contributed by atoms with Gasteiger partial charge in [-0.1, -0.05) is 199 Å². The molecule has 0 aromatic heterocycles. The van der Waals surface area contributed by atoms with Crippen molar-refractivity contribution in [2.45, 2.75) is 244 Å². The molecule has 5 nitrogen and oxygen atoms in total. The maximum absolute atomic E-state index is 12.4. The third-order valence-electron chi connectivity index (χ3n) is 9.98. The minimum Gasteiger partial charge on any atom is -0.394 e. The molecule has 0 heterocycles. The molecule has 3 unspecified atom stereocenters. The van der Waals surface area contributed by atoms with Crippen molar-refractivity contribution < 1.29 is 20.1 Å². The molecule has 0 saturated carbocycles. The standard InChI is InChI=1S/C44H85NO4/c1-3-5-7-9-11-13-15-17-19-21-22-23-25-27-29-31-33-35-37-41(47)39-44(49)45-42(40-46)43(48)38-36-34-32-30-28-26-24-20-18-16-14-12-10-8-6-4-2/h22-23,36,38,41-43,46-48H,3-21,24-35,37,39-40H2,1-2H3,(H,45,49)/b23-22-,38-36+. The van der Waals surface area contributed by atoms with Crippen molar-refractivity contribution in [1.29, 1.82) is 0 Å². The van der Waals surface area contributed by atoms with E-state index in [2.05, 4.69) is 31.3 Å². The Hall–Kier alpha value is -1.17. The number of amides is 1. The number of aliphatic hydroxyl groups excluding tert-OH is 3. The Morgan fingerprint density at radius 1 is 0.510 bits per heavy atom. The number of unbranched alkanes of at least 4 members (excludes halogenated alkanes) is 28. The van der Waals surface area contributed by atoms with Crippen LogP contribution in [0.3, 0.4) is 0 Å². The largest absolute Gasteiger partial charge is 0.394 e. The third kappa shape index (κ3) is 36.4. The van der Waals surface area contributed by atoms with Crippen LogP contribution in [0.25, 0.3) is 0 Å². The number of nitrogens with one attached hydrogen (secondary N) is 1. The van der Waals surface area contributed by atoms with Crippen molar-refractivity contribution in [3.05, 3.63) is 24.3 Å². The number of aliphatic hydroxyl groups is 3. The Labute approximate surface area is 305 Å². The fraction of sp³-hybridized carbons (Fsp3) is 0.886. The average Bonchev–Trinajstić information content (AvgIpc) is 3.09. The maximum Gasteiger partial charge on any atom is 0.222 e. The zero-order chi connectivity index (χ0) is 35.9. The van der Waals surface area contributed by atoms with Gasteiger partial charge in [0.15, 0.2) is 0 Å². The van der Waals surface area contributed by atoms with Gasteiger partial charge < -0.3 is 20.6 Å². The van der Waals surface area contributed by atoms with Crippen molar-refractivity contribution in [3.63, 3.8) is 0 Å². The van der Waals surface area contributed by atoms with Gasteiger partial charge in [-0.15, -0.1) is 0 Å². The number of hydrogen-bond donors (Lipinski definition) is 4. The van der Waals surface area contributed by atoms with Crippen LogP contribution in [-0.4, -0.2) is 46.1 Å². The highest BCUT2D eigenvalue weighted by molar-refractivity contribution is 5.76. The second-order valence-electron chi connectivity index (χ2n) is 15.0. The van der Waals surface area contributed by atoms with Crippen LogP contribution < -0.4 is 5.32 Å².